The molecule has 0 spiro atoms. The van der Waals surface area contributed by atoms with Crippen LogP contribution >= 0.6 is 11.3 Å². The number of fused-ring (bicyclic) bond motifs is 1. The molecule has 1 aliphatic carbocycles. The Morgan fingerprint density at radius 1 is 1.55 bits per heavy atom. The van der Waals surface area contributed by atoms with Crippen LogP contribution in [0.15, 0.2) is 0 Å². The first kappa shape index (κ1) is 15.4. The van der Waals surface area contributed by atoms with E-state index in [4.69, 9.17) is 0 Å². The van der Waals surface area contributed by atoms with E-state index in [1.54, 1.807) is 0 Å². The third-order valence-corrected chi connectivity index (χ3v) is 6.39. The van der Waals surface area contributed by atoms with Crippen molar-refractivity contribution in [2.75, 3.05) is 11.6 Å². The summed E-state index contributed by atoms with van der Waals surface area (Å²) in [4.78, 5) is 17.5. The molecule has 0 bridgehead atoms. The van der Waals surface area contributed by atoms with E-state index in [1.165, 1.54) is 23.1 Å². The average Bonchev–Trinajstić information content (AvgIpc) is 2.77. The van der Waals surface area contributed by atoms with Gasteiger partial charge in [0.15, 0.2) is 15.0 Å². The average molecular weight is 316 g/mol. The molecule has 0 aliphatic heterocycles. The van der Waals surface area contributed by atoms with Crippen molar-refractivity contribution in [3.05, 3.63) is 10.6 Å². The van der Waals surface area contributed by atoms with Crippen LogP contribution in [0.5, 0.6) is 0 Å². The Morgan fingerprint density at radius 2 is 2.25 bits per heavy atom. The third kappa shape index (κ3) is 3.38. The normalized spacial score (nSPS) is 20.2. The number of aryl methyl sites for hydroxylation is 1. The molecule has 0 saturated heterocycles. The van der Waals surface area contributed by atoms with Gasteiger partial charge in [-0.3, -0.25) is 4.79 Å². The van der Waals surface area contributed by atoms with Crippen LogP contribution in [-0.4, -0.2) is 30.8 Å². The number of nitrogens with zero attached hydrogens (tertiary/aromatic N) is 1. The standard InChI is InChI=1S/C13H20N2O3S2/c1-4-9-5-6-10-11(7-9)19-13(14-10)15-12(16)8(2)20(3,17)18/h8-9H,4-7H2,1-3H3,(H,14,15,16)/t8-,9-/m0/s1. The molecule has 1 N–H and O–H groups in total. The van der Waals surface area contributed by atoms with Crippen LogP contribution in [0.4, 0.5) is 5.13 Å². The zero-order valence-corrected chi connectivity index (χ0v) is 13.6. The maximum Gasteiger partial charge on any atom is 0.244 e. The van der Waals surface area contributed by atoms with Crippen molar-refractivity contribution in [2.45, 2.75) is 44.8 Å². The summed E-state index contributed by atoms with van der Waals surface area (Å²) in [6.07, 6.45) is 5.32. The Morgan fingerprint density at radius 3 is 2.85 bits per heavy atom. The summed E-state index contributed by atoms with van der Waals surface area (Å²) in [5.41, 5.74) is 1.06. The number of hydrogen-bond acceptors (Lipinski definition) is 5. The molecule has 0 unspecified atom stereocenters. The second-order valence-electron chi connectivity index (χ2n) is 5.37. The van der Waals surface area contributed by atoms with Crippen molar-refractivity contribution >= 4 is 32.2 Å². The van der Waals surface area contributed by atoms with Gasteiger partial charge in [0.2, 0.25) is 5.91 Å². The predicted octanol–water partition coefficient (Wildman–Crippen LogP) is 2.03. The van der Waals surface area contributed by atoms with Gasteiger partial charge in [0.25, 0.3) is 0 Å². The third-order valence-electron chi connectivity index (χ3n) is 3.86. The highest BCUT2D eigenvalue weighted by atomic mass is 32.2. The molecule has 2 atom stereocenters. The summed E-state index contributed by atoms with van der Waals surface area (Å²) < 4.78 is 22.7. The molecular formula is C13H20N2O3S2. The van der Waals surface area contributed by atoms with E-state index in [9.17, 15) is 13.2 Å². The molecule has 1 aliphatic rings. The van der Waals surface area contributed by atoms with Gasteiger partial charge in [-0.1, -0.05) is 13.3 Å². The number of nitrogens with one attached hydrogen (secondary N) is 1. The topological polar surface area (TPSA) is 76.1 Å². The van der Waals surface area contributed by atoms with Gasteiger partial charge in [0, 0.05) is 11.1 Å². The lowest BCUT2D eigenvalue weighted by Gasteiger charge is -2.18. The van der Waals surface area contributed by atoms with Crippen LogP contribution in [0, 0.1) is 5.92 Å². The zero-order valence-electron chi connectivity index (χ0n) is 12.0. The van der Waals surface area contributed by atoms with Gasteiger partial charge >= 0.3 is 0 Å². The first-order valence-electron chi connectivity index (χ1n) is 6.79. The first-order valence-corrected chi connectivity index (χ1v) is 9.56. The summed E-state index contributed by atoms with van der Waals surface area (Å²) in [7, 11) is -3.37. The van der Waals surface area contributed by atoms with E-state index in [0.717, 1.165) is 37.6 Å². The highest BCUT2D eigenvalue weighted by Gasteiger charge is 2.26. The molecule has 0 saturated carbocycles. The number of thiazole rings is 1. The van der Waals surface area contributed by atoms with Crippen molar-refractivity contribution in [3.63, 3.8) is 0 Å². The second-order valence-corrected chi connectivity index (χ2v) is 8.82. The van der Waals surface area contributed by atoms with E-state index < -0.39 is 21.0 Å². The molecule has 0 aromatic carbocycles. The number of amides is 1. The van der Waals surface area contributed by atoms with E-state index in [2.05, 4.69) is 17.2 Å². The summed E-state index contributed by atoms with van der Waals surface area (Å²) in [5, 5.41) is 2.10. The number of carbonyl (C=O) groups is 1. The van der Waals surface area contributed by atoms with Gasteiger partial charge in [-0.05, 0) is 32.1 Å². The highest BCUT2D eigenvalue weighted by Crippen LogP contribution is 2.33. The van der Waals surface area contributed by atoms with Gasteiger partial charge in [-0.15, -0.1) is 11.3 Å². The molecule has 1 heterocycles. The van der Waals surface area contributed by atoms with E-state index in [0.29, 0.717) is 11.0 Å². The van der Waals surface area contributed by atoms with Crippen LogP contribution in [0.3, 0.4) is 0 Å². The fourth-order valence-corrected chi connectivity index (χ4v) is 3.82. The maximum atomic E-state index is 11.9. The molecule has 1 amide bonds. The molecule has 2 rings (SSSR count). The molecule has 5 nitrogen and oxygen atoms in total. The van der Waals surface area contributed by atoms with Gasteiger partial charge in [-0.2, -0.15) is 0 Å². The van der Waals surface area contributed by atoms with E-state index in [1.807, 2.05) is 0 Å². The van der Waals surface area contributed by atoms with Crippen molar-refractivity contribution < 1.29 is 13.2 Å². The summed E-state index contributed by atoms with van der Waals surface area (Å²) in [5.74, 6) is 0.187. The Hall–Kier alpha value is -0.950. The minimum Gasteiger partial charge on any atom is -0.301 e. The van der Waals surface area contributed by atoms with Crippen molar-refractivity contribution in [3.8, 4) is 0 Å². The number of aromatic nitrogens is 1. The molecule has 0 radical (unpaired) electrons. The van der Waals surface area contributed by atoms with Crippen LogP contribution < -0.4 is 5.32 Å². The maximum absolute atomic E-state index is 11.9. The number of hydrogen-bond donors (Lipinski definition) is 1. The van der Waals surface area contributed by atoms with E-state index >= 15 is 0 Å². The summed E-state index contributed by atoms with van der Waals surface area (Å²) >= 11 is 1.47. The van der Waals surface area contributed by atoms with Crippen molar-refractivity contribution in [2.24, 2.45) is 5.92 Å². The van der Waals surface area contributed by atoms with Gasteiger partial charge in [0.05, 0.1) is 5.69 Å². The Labute approximate surface area is 123 Å². The van der Waals surface area contributed by atoms with Crippen molar-refractivity contribution in [1.82, 2.24) is 4.98 Å². The number of anilines is 1. The Bertz CT molecular complexity index is 607. The molecule has 1 aromatic heterocycles. The molecule has 7 heteroatoms. The molecular weight excluding hydrogens is 296 g/mol. The summed E-state index contributed by atoms with van der Waals surface area (Å²) in [6.45, 7) is 3.58. The molecule has 0 fully saturated rings. The van der Waals surface area contributed by atoms with Gasteiger partial charge in [0.1, 0.15) is 5.25 Å². The van der Waals surface area contributed by atoms with Crippen LogP contribution in [0.25, 0.3) is 0 Å². The predicted molar refractivity (Wildman–Crippen MR) is 80.9 cm³/mol. The minimum absolute atomic E-state index is 0.509. The fourth-order valence-electron chi connectivity index (χ4n) is 2.25. The van der Waals surface area contributed by atoms with Crippen LogP contribution in [0.2, 0.25) is 0 Å². The minimum atomic E-state index is -3.37. The highest BCUT2D eigenvalue weighted by molar-refractivity contribution is 7.92. The van der Waals surface area contributed by atoms with Crippen LogP contribution in [-0.2, 0) is 27.5 Å². The molecule has 112 valence electrons. The molecule has 1 aromatic rings. The second kappa shape index (κ2) is 5.81. The molecule has 20 heavy (non-hydrogen) atoms. The smallest absolute Gasteiger partial charge is 0.244 e. The van der Waals surface area contributed by atoms with Gasteiger partial charge in [-0.25, -0.2) is 13.4 Å². The lowest BCUT2D eigenvalue weighted by Crippen LogP contribution is -2.31. The monoisotopic (exact) mass is 316 g/mol. The van der Waals surface area contributed by atoms with Crippen molar-refractivity contribution in [1.29, 1.82) is 0 Å². The fraction of sp³-hybridized carbons (Fsp3) is 0.692. The Balaban J connectivity index is 2.09. The number of sulfone groups is 1. The Kier molecular flexibility index (Phi) is 4.49. The number of carbonyl (C=O) groups excluding carboxylic acids is 1. The number of rotatable bonds is 4. The first-order chi connectivity index (χ1) is 9.31. The summed E-state index contributed by atoms with van der Waals surface area (Å²) in [6, 6.07) is 0. The van der Waals surface area contributed by atoms with Crippen LogP contribution in [0.1, 0.15) is 37.3 Å². The lowest BCUT2D eigenvalue weighted by atomic mass is 9.89. The zero-order chi connectivity index (χ0) is 14.9. The SMILES string of the molecule is CC[C@H]1CCc2nc(NC(=O)[C@H](C)S(C)(=O)=O)sc2C1. The van der Waals surface area contributed by atoms with Gasteiger partial charge < -0.3 is 5.32 Å². The lowest BCUT2D eigenvalue weighted by molar-refractivity contribution is -0.115. The largest absolute Gasteiger partial charge is 0.301 e. The quantitative estimate of drug-likeness (QED) is 0.922. The van der Waals surface area contributed by atoms with E-state index in [-0.39, 0.29) is 0 Å².